The molecule has 1 fully saturated rings. The van der Waals surface area contributed by atoms with Crippen molar-refractivity contribution in [2.45, 2.75) is 44.8 Å². The highest BCUT2D eigenvalue weighted by atomic mass is 16.3. The molecule has 0 spiro atoms. The van der Waals surface area contributed by atoms with Gasteiger partial charge in [-0.15, -0.1) is 0 Å². The zero-order valence-corrected chi connectivity index (χ0v) is 15.6. The molecule has 2 aromatic rings. The minimum Gasteiger partial charge on any atom is -0.472 e. The largest absolute Gasteiger partial charge is 0.472 e. The van der Waals surface area contributed by atoms with Gasteiger partial charge in [0.2, 0.25) is 5.91 Å². The number of carbonyl (C=O) groups is 2. The number of rotatable bonds is 6. The molecular weight excluding hydrogens is 344 g/mol. The van der Waals surface area contributed by atoms with Gasteiger partial charge in [-0.25, -0.2) is 0 Å². The molecule has 2 atom stereocenters. The third kappa shape index (κ3) is 5.17. The Morgan fingerprint density at radius 2 is 2.22 bits per heavy atom. The van der Waals surface area contributed by atoms with E-state index in [0.29, 0.717) is 12.1 Å². The van der Waals surface area contributed by atoms with Crippen LogP contribution in [0.4, 0.5) is 0 Å². The summed E-state index contributed by atoms with van der Waals surface area (Å²) >= 11 is 0. The Balaban J connectivity index is 1.73. The number of aromatic nitrogens is 1. The Hall–Kier alpha value is -2.67. The van der Waals surface area contributed by atoms with Gasteiger partial charge in [-0.3, -0.25) is 14.6 Å². The molecule has 0 radical (unpaired) electrons. The van der Waals surface area contributed by atoms with E-state index in [0.717, 1.165) is 38.0 Å². The molecule has 2 N–H and O–H groups in total. The maximum Gasteiger partial charge on any atom is 0.255 e. The number of carbonyl (C=O) groups excluding carboxylic acids is 2. The van der Waals surface area contributed by atoms with Crippen molar-refractivity contribution in [3.05, 3.63) is 54.2 Å². The van der Waals surface area contributed by atoms with Crippen LogP contribution in [0.3, 0.4) is 0 Å². The Morgan fingerprint density at radius 3 is 2.96 bits per heavy atom. The van der Waals surface area contributed by atoms with E-state index in [9.17, 15) is 9.59 Å². The lowest BCUT2D eigenvalue weighted by molar-refractivity contribution is -0.136. The predicted octanol–water partition coefficient (Wildman–Crippen LogP) is 1.96. The van der Waals surface area contributed by atoms with Gasteiger partial charge in [0.1, 0.15) is 12.3 Å². The number of amides is 2. The number of nitrogens with one attached hydrogen (secondary N) is 2. The fourth-order valence-electron chi connectivity index (χ4n) is 3.35. The second-order valence-corrected chi connectivity index (χ2v) is 6.83. The van der Waals surface area contributed by atoms with Crippen LogP contribution in [-0.4, -0.2) is 46.9 Å². The quantitative estimate of drug-likeness (QED) is 0.812. The number of hydrogen-bond donors (Lipinski definition) is 2. The van der Waals surface area contributed by atoms with Crippen molar-refractivity contribution in [1.82, 2.24) is 20.5 Å². The summed E-state index contributed by atoms with van der Waals surface area (Å²) in [4.78, 5) is 31.7. The lowest BCUT2D eigenvalue weighted by Gasteiger charge is -2.33. The summed E-state index contributed by atoms with van der Waals surface area (Å²) in [6.07, 6.45) is 7.39. The molecule has 0 saturated carbocycles. The molecule has 0 aliphatic carbocycles. The molecule has 3 rings (SSSR count). The second-order valence-electron chi connectivity index (χ2n) is 6.83. The van der Waals surface area contributed by atoms with Gasteiger partial charge in [0.25, 0.3) is 5.91 Å². The maximum absolute atomic E-state index is 13.2. The third-order valence-electron chi connectivity index (χ3n) is 4.83. The molecular formula is C20H26N4O3. The third-order valence-corrected chi connectivity index (χ3v) is 4.83. The summed E-state index contributed by atoms with van der Waals surface area (Å²) in [6.45, 7) is 4.01. The number of nitrogens with zero attached hydrogens (tertiary/aromatic N) is 2. The Bertz CT molecular complexity index is 725. The SMILES string of the molecule is CC(NC(=O)c1ccoc1)C(=O)N(Cc1ccccn1)C1CCCNCC1. The molecule has 0 bridgehead atoms. The highest BCUT2D eigenvalue weighted by molar-refractivity contribution is 5.97. The Morgan fingerprint density at radius 1 is 1.33 bits per heavy atom. The fraction of sp³-hybridized carbons (Fsp3) is 0.450. The van der Waals surface area contributed by atoms with Crippen molar-refractivity contribution in [3.63, 3.8) is 0 Å². The van der Waals surface area contributed by atoms with E-state index in [2.05, 4.69) is 15.6 Å². The fourth-order valence-corrected chi connectivity index (χ4v) is 3.35. The summed E-state index contributed by atoms with van der Waals surface area (Å²) in [5.41, 5.74) is 1.25. The average Bonchev–Trinajstić information content (AvgIpc) is 3.10. The van der Waals surface area contributed by atoms with Gasteiger partial charge < -0.3 is 20.0 Å². The monoisotopic (exact) mass is 370 g/mol. The van der Waals surface area contributed by atoms with E-state index >= 15 is 0 Å². The van der Waals surface area contributed by atoms with E-state index in [1.165, 1.54) is 12.5 Å². The molecule has 144 valence electrons. The van der Waals surface area contributed by atoms with Crippen LogP contribution in [-0.2, 0) is 11.3 Å². The van der Waals surface area contributed by atoms with Gasteiger partial charge in [0.05, 0.1) is 24.1 Å². The molecule has 27 heavy (non-hydrogen) atoms. The van der Waals surface area contributed by atoms with E-state index in [1.54, 1.807) is 19.2 Å². The van der Waals surface area contributed by atoms with Crippen LogP contribution in [0.15, 0.2) is 47.4 Å². The summed E-state index contributed by atoms with van der Waals surface area (Å²) in [5.74, 6) is -0.408. The van der Waals surface area contributed by atoms with Gasteiger partial charge >= 0.3 is 0 Å². The van der Waals surface area contributed by atoms with Crippen LogP contribution in [0.5, 0.6) is 0 Å². The van der Waals surface area contributed by atoms with Gasteiger partial charge in [0, 0.05) is 12.2 Å². The smallest absolute Gasteiger partial charge is 0.255 e. The first-order chi connectivity index (χ1) is 13.1. The molecule has 7 nitrogen and oxygen atoms in total. The normalized spacial score (nSPS) is 18.3. The number of hydrogen-bond acceptors (Lipinski definition) is 5. The van der Waals surface area contributed by atoms with Crippen molar-refractivity contribution < 1.29 is 14.0 Å². The van der Waals surface area contributed by atoms with Gasteiger partial charge in [-0.2, -0.15) is 0 Å². The first kappa shape index (κ1) is 19.1. The van der Waals surface area contributed by atoms with Crippen LogP contribution in [0.1, 0.15) is 42.2 Å². The van der Waals surface area contributed by atoms with Crippen LogP contribution in [0.25, 0.3) is 0 Å². The number of furan rings is 1. The summed E-state index contributed by atoms with van der Waals surface area (Å²) in [6, 6.07) is 6.78. The maximum atomic E-state index is 13.2. The van der Waals surface area contributed by atoms with E-state index in [4.69, 9.17) is 4.42 Å². The Kier molecular flexibility index (Phi) is 6.59. The highest BCUT2D eigenvalue weighted by Crippen LogP contribution is 2.18. The molecule has 2 unspecified atom stereocenters. The van der Waals surface area contributed by atoms with Gasteiger partial charge in [-0.05, 0) is 57.5 Å². The first-order valence-electron chi connectivity index (χ1n) is 9.39. The van der Waals surface area contributed by atoms with Crippen molar-refractivity contribution >= 4 is 11.8 Å². The predicted molar refractivity (Wildman–Crippen MR) is 101 cm³/mol. The van der Waals surface area contributed by atoms with E-state index in [1.807, 2.05) is 23.1 Å². The van der Waals surface area contributed by atoms with Gasteiger partial charge in [-0.1, -0.05) is 6.07 Å². The summed E-state index contributed by atoms with van der Waals surface area (Å²) in [5, 5.41) is 6.16. The molecule has 2 amide bonds. The molecule has 1 aliphatic rings. The highest BCUT2D eigenvalue weighted by Gasteiger charge is 2.29. The average molecular weight is 370 g/mol. The molecule has 1 saturated heterocycles. The minimum atomic E-state index is -0.632. The lowest BCUT2D eigenvalue weighted by Crippen LogP contribution is -2.50. The molecule has 2 aromatic heterocycles. The van der Waals surface area contributed by atoms with Crippen molar-refractivity contribution in [2.24, 2.45) is 0 Å². The van der Waals surface area contributed by atoms with Crippen LogP contribution in [0.2, 0.25) is 0 Å². The summed E-state index contributed by atoms with van der Waals surface area (Å²) in [7, 11) is 0. The topological polar surface area (TPSA) is 87.5 Å². The standard InChI is InChI=1S/C20H26N4O3/c1-15(23-19(25)16-8-12-27-14-16)20(26)24(13-17-5-2-3-10-22-17)18-6-4-9-21-11-7-18/h2-3,5,8,10,12,14-15,18,21H,4,6-7,9,11,13H2,1H3,(H,23,25). The Labute approximate surface area is 159 Å². The minimum absolute atomic E-state index is 0.0932. The molecule has 3 heterocycles. The van der Waals surface area contributed by atoms with E-state index in [-0.39, 0.29) is 17.9 Å². The van der Waals surface area contributed by atoms with Crippen molar-refractivity contribution in [1.29, 1.82) is 0 Å². The zero-order chi connectivity index (χ0) is 19.1. The zero-order valence-electron chi connectivity index (χ0n) is 15.6. The second kappa shape index (κ2) is 9.32. The number of pyridine rings is 1. The van der Waals surface area contributed by atoms with Crippen molar-refractivity contribution in [2.75, 3.05) is 13.1 Å². The summed E-state index contributed by atoms with van der Waals surface area (Å²) < 4.78 is 4.94. The van der Waals surface area contributed by atoms with Gasteiger partial charge in [0.15, 0.2) is 0 Å². The van der Waals surface area contributed by atoms with Crippen molar-refractivity contribution in [3.8, 4) is 0 Å². The van der Waals surface area contributed by atoms with Crippen LogP contribution in [0, 0.1) is 0 Å². The van der Waals surface area contributed by atoms with Crippen LogP contribution >= 0.6 is 0 Å². The van der Waals surface area contributed by atoms with E-state index < -0.39 is 6.04 Å². The van der Waals surface area contributed by atoms with Crippen LogP contribution < -0.4 is 10.6 Å². The molecule has 1 aliphatic heterocycles. The first-order valence-corrected chi connectivity index (χ1v) is 9.39. The molecule has 0 aromatic carbocycles. The molecule has 7 heteroatoms. The lowest BCUT2D eigenvalue weighted by atomic mass is 10.1.